The molecule has 1 heterocycles. The van der Waals surface area contributed by atoms with Crippen LogP contribution in [0, 0.1) is 0 Å². The Labute approximate surface area is 137 Å². The molecule has 0 unspecified atom stereocenters. The number of nitrogens with two attached hydrogens (primary N) is 2. The van der Waals surface area contributed by atoms with E-state index < -0.39 is 48.2 Å². The molecule has 11 heteroatoms. The zero-order valence-electron chi connectivity index (χ0n) is 13.0. The molecule has 0 fully saturated rings. The van der Waals surface area contributed by atoms with Crippen LogP contribution in [0.15, 0.2) is 12.5 Å². The minimum absolute atomic E-state index is 0.0500. The first kappa shape index (κ1) is 19.1. The maximum atomic E-state index is 12.2. The number of carboxylic acids is 1. The number of H-pyrrole nitrogens is 1. The number of carbonyl (C=O) groups excluding carboxylic acids is 3. The van der Waals surface area contributed by atoms with Crippen molar-refractivity contribution in [3.05, 3.63) is 18.2 Å². The summed E-state index contributed by atoms with van der Waals surface area (Å²) < 4.78 is 0. The number of hydrogen-bond acceptors (Lipinski definition) is 6. The lowest BCUT2D eigenvalue weighted by molar-refractivity contribution is -0.142. The van der Waals surface area contributed by atoms with E-state index in [0.29, 0.717) is 5.69 Å². The van der Waals surface area contributed by atoms with Gasteiger partial charge in [0, 0.05) is 18.3 Å². The number of carboxylic acid groups (broad SMARTS) is 1. The Morgan fingerprint density at radius 2 is 1.88 bits per heavy atom. The minimum atomic E-state index is -1.32. The number of imidazole rings is 1. The maximum Gasteiger partial charge on any atom is 0.326 e. The quantitative estimate of drug-likeness (QED) is 0.280. The average Bonchev–Trinajstić information content (AvgIpc) is 2.97. The summed E-state index contributed by atoms with van der Waals surface area (Å²) in [5, 5.41) is 13.7. The van der Waals surface area contributed by atoms with Crippen molar-refractivity contribution in [3.63, 3.8) is 0 Å². The number of rotatable bonds is 9. The highest BCUT2D eigenvalue weighted by molar-refractivity contribution is 5.94. The van der Waals surface area contributed by atoms with Gasteiger partial charge < -0.3 is 32.2 Å². The van der Waals surface area contributed by atoms with Gasteiger partial charge in [-0.1, -0.05) is 0 Å². The molecule has 1 aromatic rings. The molecule has 0 saturated heterocycles. The summed E-state index contributed by atoms with van der Waals surface area (Å²) in [5.41, 5.74) is 10.9. The standard InChI is InChI=1S/C13H20N6O5/c1-6(14)11(21)18-8(3-10(15)20)12(22)19-9(13(23)24)2-7-4-16-5-17-7/h4-6,8-9H,2-3,14H2,1H3,(H2,15,20)(H,16,17)(H,18,21)(H,19,22)(H,23,24)/t6-,8-,9-/m0/s1. The Balaban J connectivity index is 2.80. The number of nitrogens with zero attached hydrogens (tertiary/aromatic N) is 1. The molecule has 0 aromatic carbocycles. The van der Waals surface area contributed by atoms with Gasteiger partial charge in [-0.3, -0.25) is 14.4 Å². The number of aromatic amines is 1. The van der Waals surface area contributed by atoms with Gasteiger partial charge in [-0.05, 0) is 6.92 Å². The average molecular weight is 340 g/mol. The Bertz CT molecular complexity index is 600. The summed E-state index contributed by atoms with van der Waals surface area (Å²) in [5.74, 6) is -3.64. The van der Waals surface area contributed by atoms with Crippen LogP contribution in [0.1, 0.15) is 19.0 Å². The number of amides is 3. The minimum Gasteiger partial charge on any atom is -0.480 e. The molecule has 8 N–H and O–H groups in total. The van der Waals surface area contributed by atoms with E-state index in [2.05, 4.69) is 20.6 Å². The van der Waals surface area contributed by atoms with Crippen LogP contribution in [-0.4, -0.2) is 56.9 Å². The maximum absolute atomic E-state index is 12.2. The Morgan fingerprint density at radius 1 is 1.25 bits per heavy atom. The van der Waals surface area contributed by atoms with Gasteiger partial charge >= 0.3 is 5.97 Å². The Hall–Kier alpha value is -2.95. The van der Waals surface area contributed by atoms with E-state index >= 15 is 0 Å². The molecule has 0 aliphatic heterocycles. The zero-order valence-corrected chi connectivity index (χ0v) is 13.0. The molecule has 0 saturated carbocycles. The fraction of sp³-hybridized carbons (Fsp3) is 0.462. The molecule has 3 amide bonds. The van der Waals surface area contributed by atoms with Crippen LogP contribution >= 0.6 is 0 Å². The number of nitrogens with one attached hydrogen (secondary N) is 3. The van der Waals surface area contributed by atoms with Crippen LogP contribution in [0.4, 0.5) is 0 Å². The Kier molecular flexibility index (Phi) is 6.86. The zero-order chi connectivity index (χ0) is 18.3. The summed E-state index contributed by atoms with van der Waals surface area (Å²) >= 11 is 0. The van der Waals surface area contributed by atoms with Crippen LogP contribution in [0.2, 0.25) is 0 Å². The second-order valence-electron chi connectivity index (χ2n) is 5.20. The molecule has 3 atom stereocenters. The SMILES string of the molecule is C[C@H](N)C(=O)N[C@@H](CC(N)=O)C(=O)N[C@@H](Cc1cnc[nH]1)C(=O)O. The summed E-state index contributed by atoms with van der Waals surface area (Å²) in [7, 11) is 0. The molecule has 0 spiro atoms. The smallest absolute Gasteiger partial charge is 0.326 e. The first-order valence-corrected chi connectivity index (χ1v) is 7.05. The van der Waals surface area contributed by atoms with Crippen molar-refractivity contribution >= 4 is 23.7 Å². The van der Waals surface area contributed by atoms with E-state index in [4.69, 9.17) is 11.5 Å². The largest absolute Gasteiger partial charge is 0.480 e. The van der Waals surface area contributed by atoms with Crippen LogP contribution in [0.3, 0.4) is 0 Å². The number of aliphatic carboxylic acids is 1. The number of hydrogen-bond donors (Lipinski definition) is 6. The van der Waals surface area contributed by atoms with E-state index in [1.807, 2.05) is 0 Å². The van der Waals surface area contributed by atoms with Gasteiger partial charge in [0.15, 0.2) is 0 Å². The third kappa shape index (κ3) is 6.04. The van der Waals surface area contributed by atoms with Gasteiger partial charge in [-0.25, -0.2) is 9.78 Å². The second kappa shape index (κ2) is 8.62. The highest BCUT2D eigenvalue weighted by Gasteiger charge is 2.28. The van der Waals surface area contributed by atoms with Crippen LogP contribution < -0.4 is 22.1 Å². The summed E-state index contributed by atoms with van der Waals surface area (Å²) in [6, 6.07) is -3.50. The van der Waals surface area contributed by atoms with E-state index in [9.17, 15) is 24.3 Å². The first-order chi connectivity index (χ1) is 11.2. The molecular formula is C13H20N6O5. The lowest BCUT2D eigenvalue weighted by Crippen LogP contribution is -2.55. The highest BCUT2D eigenvalue weighted by atomic mass is 16.4. The fourth-order valence-electron chi connectivity index (χ4n) is 1.80. The van der Waals surface area contributed by atoms with Gasteiger partial charge in [0.1, 0.15) is 12.1 Å². The highest BCUT2D eigenvalue weighted by Crippen LogP contribution is 2.01. The number of primary amides is 1. The molecule has 0 bridgehead atoms. The molecule has 1 aromatic heterocycles. The normalized spacial score (nSPS) is 14.2. The summed E-state index contributed by atoms with van der Waals surface area (Å²) in [6.07, 6.45) is 2.25. The lowest BCUT2D eigenvalue weighted by atomic mass is 10.1. The molecular weight excluding hydrogens is 320 g/mol. The molecule has 11 nitrogen and oxygen atoms in total. The summed E-state index contributed by atoms with van der Waals surface area (Å²) in [6.45, 7) is 1.40. The van der Waals surface area contributed by atoms with Crippen LogP contribution in [0.25, 0.3) is 0 Å². The Morgan fingerprint density at radius 3 is 2.33 bits per heavy atom. The molecule has 24 heavy (non-hydrogen) atoms. The lowest BCUT2D eigenvalue weighted by Gasteiger charge is -2.21. The van der Waals surface area contributed by atoms with Crippen molar-refractivity contribution in [1.82, 2.24) is 20.6 Å². The van der Waals surface area contributed by atoms with Crippen molar-refractivity contribution < 1.29 is 24.3 Å². The van der Waals surface area contributed by atoms with Gasteiger partial charge in [-0.2, -0.15) is 0 Å². The van der Waals surface area contributed by atoms with E-state index in [1.54, 1.807) is 0 Å². The van der Waals surface area contributed by atoms with Gasteiger partial charge in [-0.15, -0.1) is 0 Å². The molecule has 0 radical (unpaired) electrons. The van der Waals surface area contributed by atoms with Crippen molar-refractivity contribution in [2.45, 2.75) is 37.9 Å². The van der Waals surface area contributed by atoms with Gasteiger partial charge in [0.25, 0.3) is 0 Å². The third-order valence-corrected chi connectivity index (χ3v) is 3.05. The number of aromatic nitrogens is 2. The summed E-state index contributed by atoms with van der Waals surface area (Å²) in [4.78, 5) is 52.7. The first-order valence-electron chi connectivity index (χ1n) is 7.05. The van der Waals surface area contributed by atoms with Crippen molar-refractivity contribution in [3.8, 4) is 0 Å². The molecule has 0 aliphatic carbocycles. The van der Waals surface area contributed by atoms with Crippen LogP contribution in [-0.2, 0) is 25.6 Å². The second-order valence-corrected chi connectivity index (χ2v) is 5.20. The predicted octanol–water partition coefficient (Wildman–Crippen LogP) is -2.77. The monoisotopic (exact) mass is 340 g/mol. The fourth-order valence-corrected chi connectivity index (χ4v) is 1.80. The van der Waals surface area contributed by atoms with Gasteiger partial charge in [0.2, 0.25) is 17.7 Å². The number of carbonyl (C=O) groups is 4. The molecule has 1 rings (SSSR count). The third-order valence-electron chi connectivity index (χ3n) is 3.05. The molecule has 0 aliphatic rings. The van der Waals surface area contributed by atoms with E-state index in [-0.39, 0.29) is 6.42 Å². The van der Waals surface area contributed by atoms with E-state index in [1.165, 1.54) is 19.4 Å². The topological polar surface area (TPSA) is 193 Å². The predicted molar refractivity (Wildman–Crippen MR) is 81.2 cm³/mol. The van der Waals surface area contributed by atoms with Gasteiger partial charge in [0.05, 0.1) is 18.8 Å². The van der Waals surface area contributed by atoms with E-state index in [0.717, 1.165) is 0 Å². The van der Waals surface area contributed by atoms with Crippen molar-refractivity contribution in [1.29, 1.82) is 0 Å². The molecule has 132 valence electrons. The van der Waals surface area contributed by atoms with Crippen LogP contribution in [0.5, 0.6) is 0 Å². The van der Waals surface area contributed by atoms with Crippen molar-refractivity contribution in [2.75, 3.05) is 0 Å². The van der Waals surface area contributed by atoms with Crippen molar-refractivity contribution in [2.24, 2.45) is 11.5 Å².